The topological polar surface area (TPSA) is 12.0 Å². The first-order chi connectivity index (χ1) is 8.00. The number of benzene rings is 1. The average Bonchev–Trinajstić information content (AvgIpc) is 2.71. The molecule has 94 valence electrons. The van der Waals surface area contributed by atoms with Gasteiger partial charge in [0.05, 0.1) is 0 Å². The van der Waals surface area contributed by atoms with E-state index in [1.807, 2.05) is 12.1 Å². The lowest BCUT2D eigenvalue weighted by Gasteiger charge is -2.19. The van der Waals surface area contributed by atoms with Gasteiger partial charge in [-0.2, -0.15) is 13.2 Å². The normalized spacial score (nSPS) is 16.9. The highest BCUT2D eigenvalue weighted by Gasteiger charge is 2.38. The van der Waals surface area contributed by atoms with Gasteiger partial charge in [0, 0.05) is 10.6 Å². The number of rotatable bonds is 3. The second-order valence-corrected chi connectivity index (χ2v) is 5.26. The van der Waals surface area contributed by atoms with E-state index in [4.69, 9.17) is 0 Å². The number of likely N-dealkylation sites (N-methyl/N-ethyl adjacent to an activating group) is 1. The van der Waals surface area contributed by atoms with Crippen molar-refractivity contribution in [3.63, 3.8) is 0 Å². The Morgan fingerprint density at radius 2 is 2.18 bits per heavy atom. The molecule has 2 rings (SSSR count). The molecule has 0 radical (unpaired) electrons. The van der Waals surface area contributed by atoms with Crippen molar-refractivity contribution in [2.45, 2.75) is 30.0 Å². The number of halogens is 3. The van der Waals surface area contributed by atoms with Crippen molar-refractivity contribution >= 4 is 11.8 Å². The first-order valence-corrected chi connectivity index (χ1v) is 6.48. The van der Waals surface area contributed by atoms with Crippen LogP contribution in [-0.2, 0) is 12.8 Å². The predicted molar refractivity (Wildman–Crippen MR) is 63.5 cm³/mol. The van der Waals surface area contributed by atoms with Crippen molar-refractivity contribution < 1.29 is 13.2 Å². The van der Waals surface area contributed by atoms with Crippen LogP contribution in [0, 0.1) is 0 Å². The summed E-state index contributed by atoms with van der Waals surface area (Å²) >= 11 is 1.72. The Morgan fingerprint density at radius 1 is 1.41 bits per heavy atom. The van der Waals surface area contributed by atoms with Gasteiger partial charge < -0.3 is 5.32 Å². The molecule has 1 nitrogen and oxygen atoms in total. The summed E-state index contributed by atoms with van der Waals surface area (Å²) in [5, 5.41) is 2.33. The van der Waals surface area contributed by atoms with Crippen LogP contribution in [0.1, 0.15) is 11.1 Å². The third-order valence-corrected chi connectivity index (χ3v) is 4.04. The molecular formula is C12H14F3NS. The molecule has 0 aromatic heterocycles. The molecule has 0 saturated carbocycles. The first-order valence-electron chi connectivity index (χ1n) is 5.49. The lowest BCUT2D eigenvalue weighted by atomic mass is 10.0. The van der Waals surface area contributed by atoms with Crippen molar-refractivity contribution in [2.24, 2.45) is 0 Å². The standard InChI is InChI=1S/C12H14F3NS/c1-16-11(12(13,14)15)7-8-2-3-9-4-5-17-10(9)6-8/h2-3,6,11,16H,4-5,7H2,1H3. The second kappa shape index (κ2) is 4.90. The molecule has 1 N–H and O–H groups in total. The number of thioether (sulfide) groups is 1. The number of hydrogen-bond donors (Lipinski definition) is 1. The third kappa shape index (κ3) is 2.96. The maximum atomic E-state index is 12.6. The molecule has 0 amide bonds. The third-order valence-electron chi connectivity index (χ3n) is 2.94. The highest BCUT2D eigenvalue weighted by molar-refractivity contribution is 7.99. The van der Waals surface area contributed by atoms with E-state index in [-0.39, 0.29) is 6.42 Å². The van der Waals surface area contributed by atoms with Crippen LogP contribution in [0.15, 0.2) is 23.1 Å². The lowest BCUT2D eigenvalue weighted by molar-refractivity contribution is -0.154. The summed E-state index contributed by atoms with van der Waals surface area (Å²) < 4.78 is 37.8. The predicted octanol–water partition coefficient (Wildman–Crippen LogP) is 3.03. The van der Waals surface area contributed by atoms with Gasteiger partial charge in [-0.15, -0.1) is 11.8 Å². The minimum absolute atomic E-state index is 0.00611. The van der Waals surface area contributed by atoms with Crippen LogP contribution in [0.4, 0.5) is 13.2 Å². The molecule has 0 saturated heterocycles. The van der Waals surface area contributed by atoms with Gasteiger partial charge in [0.25, 0.3) is 0 Å². The summed E-state index contributed by atoms with van der Waals surface area (Å²) in [4.78, 5) is 1.14. The van der Waals surface area contributed by atoms with Crippen molar-refractivity contribution in [2.75, 3.05) is 12.8 Å². The highest BCUT2D eigenvalue weighted by Crippen LogP contribution is 2.32. The van der Waals surface area contributed by atoms with Crippen molar-refractivity contribution in [1.82, 2.24) is 5.32 Å². The Kier molecular flexibility index (Phi) is 3.68. The molecule has 1 heterocycles. The van der Waals surface area contributed by atoms with Crippen LogP contribution in [0.25, 0.3) is 0 Å². The van der Waals surface area contributed by atoms with Crippen molar-refractivity contribution in [1.29, 1.82) is 0 Å². The smallest absolute Gasteiger partial charge is 0.309 e. The number of nitrogens with one attached hydrogen (secondary N) is 1. The molecule has 0 bridgehead atoms. The molecular weight excluding hydrogens is 247 g/mol. The average molecular weight is 261 g/mol. The largest absolute Gasteiger partial charge is 0.404 e. The number of aryl methyl sites for hydroxylation is 1. The zero-order valence-electron chi connectivity index (χ0n) is 9.47. The number of hydrogen-bond acceptors (Lipinski definition) is 2. The van der Waals surface area contributed by atoms with Gasteiger partial charge in [-0.25, -0.2) is 0 Å². The monoisotopic (exact) mass is 261 g/mol. The van der Waals surface area contributed by atoms with E-state index in [0.29, 0.717) is 0 Å². The molecule has 1 aliphatic rings. The Morgan fingerprint density at radius 3 is 2.82 bits per heavy atom. The zero-order valence-corrected chi connectivity index (χ0v) is 10.3. The molecule has 0 fully saturated rings. The quantitative estimate of drug-likeness (QED) is 0.897. The molecule has 17 heavy (non-hydrogen) atoms. The Hall–Kier alpha value is -0.680. The molecule has 0 aliphatic carbocycles. The van der Waals surface area contributed by atoms with Gasteiger partial charge in [0.1, 0.15) is 6.04 Å². The van der Waals surface area contributed by atoms with Crippen LogP contribution < -0.4 is 5.32 Å². The van der Waals surface area contributed by atoms with Gasteiger partial charge in [0.2, 0.25) is 0 Å². The van der Waals surface area contributed by atoms with E-state index in [9.17, 15) is 13.2 Å². The van der Waals surface area contributed by atoms with E-state index >= 15 is 0 Å². The SMILES string of the molecule is CNC(Cc1ccc2c(c1)SCC2)C(F)(F)F. The minimum atomic E-state index is -4.19. The van der Waals surface area contributed by atoms with Gasteiger partial charge in [-0.1, -0.05) is 12.1 Å². The summed E-state index contributed by atoms with van der Waals surface area (Å²) in [7, 11) is 1.35. The van der Waals surface area contributed by atoms with Gasteiger partial charge in [0.15, 0.2) is 0 Å². The van der Waals surface area contributed by atoms with Crippen molar-refractivity contribution in [3.05, 3.63) is 29.3 Å². The Labute approximate surface area is 103 Å². The highest BCUT2D eigenvalue weighted by atomic mass is 32.2. The van der Waals surface area contributed by atoms with E-state index < -0.39 is 12.2 Å². The van der Waals surface area contributed by atoms with E-state index in [2.05, 4.69) is 5.32 Å². The Balaban J connectivity index is 2.13. The summed E-state index contributed by atoms with van der Waals surface area (Å²) in [6.45, 7) is 0. The van der Waals surface area contributed by atoms with E-state index in [1.165, 1.54) is 12.6 Å². The summed E-state index contributed by atoms with van der Waals surface area (Å²) in [5.74, 6) is 1.04. The Bertz CT molecular complexity index is 403. The minimum Gasteiger partial charge on any atom is -0.309 e. The van der Waals surface area contributed by atoms with Gasteiger partial charge in [-0.3, -0.25) is 0 Å². The fourth-order valence-corrected chi connectivity index (χ4v) is 3.09. The lowest BCUT2D eigenvalue weighted by Crippen LogP contribution is -2.41. The fraction of sp³-hybridized carbons (Fsp3) is 0.500. The van der Waals surface area contributed by atoms with Crippen molar-refractivity contribution in [3.8, 4) is 0 Å². The van der Waals surface area contributed by atoms with Crippen LogP contribution >= 0.6 is 11.8 Å². The molecule has 1 atom stereocenters. The fourth-order valence-electron chi connectivity index (χ4n) is 1.95. The summed E-state index contributed by atoms with van der Waals surface area (Å²) in [6, 6.07) is 4.18. The molecule has 5 heteroatoms. The van der Waals surface area contributed by atoms with Crippen LogP contribution in [0.2, 0.25) is 0 Å². The number of alkyl halides is 3. The summed E-state index contributed by atoms with van der Waals surface area (Å²) in [5.41, 5.74) is 2.00. The maximum absolute atomic E-state index is 12.6. The second-order valence-electron chi connectivity index (χ2n) is 4.13. The summed E-state index contributed by atoms with van der Waals surface area (Å²) in [6.07, 6.45) is -3.18. The van der Waals surface area contributed by atoms with Crippen LogP contribution in [0.3, 0.4) is 0 Å². The molecule has 0 spiro atoms. The van der Waals surface area contributed by atoms with Gasteiger partial charge >= 0.3 is 6.18 Å². The molecule has 1 aliphatic heterocycles. The molecule has 1 aromatic rings. The van der Waals surface area contributed by atoms with Crippen LogP contribution in [-0.4, -0.2) is 25.0 Å². The number of fused-ring (bicyclic) bond motifs is 1. The van der Waals surface area contributed by atoms with E-state index in [0.717, 1.165) is 22.6 Å². The molecule has 1 unspecified atom stereocenters. The van der Waals surface area contributed by atoms with E-state index in [1.54, 1.807) is 17.8 Å². The van der Waals surface area contributed by atoms with Gasteiger partial charge in [-0.05, 0) is 37.1 Å². The molecule has 1 aromatic carbocycles. The van der Waals surface area contributed by atoms with Crippen LogP contribution in [0.5, 0.6) is 0 Å². The zero-order chi connectivity index (χ0) is 12.5. The maximum Gasteiger partial charge on any atom is 0.404 e. The first kappa shape index (κ1) is 12.8.